The minimum Gasteiger partial charge on any atom is -0.326 e. The lowest BCUT2D eigenvalue weighted by molar-refractivity contribution is -0.384. The molecule has 1 aliphatic rings. The van der Waals surface area contributed by atoms with E-state index in [1.165, 1.54) is 29.2 Å². The molecule has 0 aromatic heterocycles. The Morgan fingerprint density at radius 2 is 1.70 bits per heavy atom. The fourth-order valence-corrected chi connectivity index (χ4v) is 3.64. The van der Waals surface area contributed by atoms with Crippen molar-refractivity contribution in [3.8, 4) is 0 Å². The minimum absolute atomic E-state index is 0.146. The molecule has 3 aromatic carbocycles. The molecule has 10 heteroatoms. The molecule has 0 unspecified atom stereocenters. The van der Waals surface area contributed by atoms with E-state index in [9.17, 15) is 24.5 Å². The van der Waals surface area contributed by atoms with Crippen LogP contribution in [0.4, 0.5) is 22.7 Å². The predicted octanol–water partition coefficient (Wildman–Crippen LogP) is 4.24. The number of nitro benzene ring substituents is 1. The number of benzene rings is 3. The molecule has 0 radical (unpaired) electrons. The van der Waals surface area contributed by atoms with E-state index in [2.05, 4.69) is 10.6 Å². The number of carbonyl (C=O) groups excluding carboxylic acids is 3. The van der Waals surface area contributed by atoms with Crippen LogP contribution in [-0.4, -0.2) is 28.7 Å². The number of amides is 3. The first-order valence-electron chi connectivity index (χ1n) is 9.87. The number of non-ortho nitro benzene ring substituents is 1. The highest BCUT2D eigenvalue weighted by Crippen LogP contribution is 2.34. The van der Waals surface area contributed by atoms with Crippen LogP contribution < -0.4 is 15.5 Å². The van der Waals surface area contributed by atoms with Gasteiger partial charge >= 0.3 is 0 Å². The van der Waals surface area contributed by atoms with Crippen LogP contribution in [0.5, 0.6) is 0 Å². The monoisotopic (exact) mass is 464 g/mol. The molecule has 9 nitrogen and oxygen atoms in total. The summed E-state index contributed by atoms with van der Waals surface area (Å²) in [4.78, 5) is 50.6. The first-order valence-corrected chi connectivity index (χ1v) is 10.2. The minimum atomic E-state index is -1.13. The van der Waals surface area contributed by atoms with Gasteiger partial charge in [-0.25, -0.2) is 0 Å². The van der Waals surface area contributed by atoms with Gasteiger partial charge in [-0.2, -0.15) is 0 Å². The van der Waals surface area contributed by atoms with Crippen LogP contribution in [0.1, 0.15) is 16.8 Å². The van der Waals surface area contributed by atoms with Crippen LogP contribution in [0.15, 0.2) is 72.8 Å². The Morgan fingerprint density at radius 1 is 1.03 bits per heavy atom. The van der Waals surface area contributed by atoms with E-state index >= 15 is 0 Å². The third kappa shape index (κ3) is 4.68. The number of carbonyl (C=O) groups is 3. The van der Waals surface area contributed by atoms with Crippen molar-refractivity contribution in [2.75, 3.05) is 15.5 Å². The summed E-state index contributed by atoms with van der Waals surface area (Å²) in [5.74, 6) is -1.55. The van der Waals surface area contributed by atoms with Crippen LogP contribution in [0.25, 0.3) is 0 Å². The molecule has 1 atom stereocenters. The summed E-state index contributed by atoms with van der Waals surface area (Å²) < 4.78 is 0. The van der Waals surface area contributed by atoms with Crippen LogP contribution in [0.2, 0.25) is 5.02 Å². The largest absolute Gasteiger partial charge is 0.326 e. The van der Waals surface area contributed by atoms with Crippen molar-refractivity contribution in [1.82, 2.24) is 0 Å². The summed E-state index contributed by atoms with van der Waals surface area (Å²) >= 11 is 5.86. The van der Waals surface area contributed by atoms with Crippen molar-refractivity contribution in [3.05, 3.63) is 93.5 Å². The summed E-state index contributed by atoms with van der Waals surface area (Å²) in [6, 6.07) is 17.1. The third-order valence-corrected chi connectivity index (χ3v) is 5.34. The number of halogens is 1. The number of anilines is 3. The normalized spacial score (nSPS) is 14.8. The molecule has 1 aliphatic heterocycles. The Bertz CT molecular complexity index is 1240. The van der Waals surface area contributed by atoms with Crippen molar-refractivity contribution in [2.45, 2.75) is 12.5 Å². The van der Waals surface area contributed by atoms with E-state index in [4.69, 9.17) is 11.6 Å². The second-order valence-corrected chi connectivity index (χ2v) is 7.70. The highest BCUT2D eigenvalue weighted by Gasteiger charge is 2.38. The fourth-order valence-electron chi connectivity index (χ4n) is 3.51. The predicted molar refractivity (Wildman–Crippen MR) is 123 cm³/mol. The molecule has 0 bridgehead atoms. The Morgan fingerprint density at radius 3 is 2.36 bits per heavy atom. The number of nitro groups is 1. The zero-order chi connectivity index (χ0) is 23.5. The Labute approximate surface area is 193 Å². The molecule has 2 N–H and O–H groups in total. The molecular formula is C23H17ClN4O5. The Hall–Kier alpha value is -4.24. The van der Waals surface area contributed by atoms with Crippen LogP contribution in [0.3, 0.4) is 0 Å². The number of hydrogen-bond donors (Lipinski definition) is 2. The van der Waals surface area contributed by atoms with E-state index in [1.54, 1.807) is 48.5 Å². The van der Waals surface area contributed by atoms with Crippen molar-refractivity contribution in [2.24, 2.45) is 0 Å². The maximum Gasteiger partial charge on any atom is 0.269 e. The number of para-hydroxylation sites is 2. The van der Waals surface area contributed by atoms with Gasteiger partial charge < -0.3 is 10.6 Å². The van der Waals surface area contributed by atoms with Crippen LogP contribution in [0, 0.1) is 10.1 Å². The van der Waals surface area contributed by atoms with E-state index < -0.39 is 28.7 Å². The van der Waals surface area contributed by atoms with Crippen molar-refractivity contribution >= 4 is 52.1 Å². The average molecular weight is 465 g/mol. The molecule has 0 fully saturated rings. The summed E-state index contributed by atoms with van der Waals surface area (Å²) in [6.07, 6.45) is -0.304. The third-order valence-electron chi connectivity index (χ3n) is 5.09. The maximum absolute atomic E-state index is 13.4. The van der Waals surface area contributed by atoms with Gasteiger partial charge in [0.1, 0.15) is 6.04 Å². The standard InChI is InChI=1S/C23H17ClN4O5/c24-15-7-9-16(10-8-15)25-21(29)13-20-22(30)26-18-3-1-2-4-19(18)27(20)23(31)14-5-11-17(12-6-14)28(32)33/h1-12,20H,13H2,(H,25,29)(H,26,30)/t20-/m0/s1. The van der Waals surface area contributed by atoms with Gasteiger partial charge in [-0.15, -0.1) is 0 Å². The Kier molecular flexibility index (Phi) is 6.05. The van der Waals surface area contributed by atoms with E-state index in [-0.39, 0.29) is 17.7 Å². The van der Waals surface area contributed by atoms with Gasteiger partial charge in [0.2, 0.25) is 11.8 Å². The van der Waals surface area contributed by atoms with Gasteiger partial charge in [-0.3, -0.25) is 29.4 Å². The van der Waals surface area contributed by atoms with E-state index in [0.717, 1.165) is 0 Å². The van der Waals surface area contributed by atoms with E-state index in [1.807, 2.05) is 0 Å². The topological polar surface area (TPSA) is 122 Å². The number of nitrogens with zero attached hydrogens (tertiary/aromatic N) is 2. The molecule has 166 valence electrons. The molecule has 0 spiro atoms. The fraction of sp³-hybridized carbons (Fsp3) is 0.0870. The van der Waals surface area contributed by atoms with Gasteiger partial charge in [-0.1, -0.05) is 23.7 Å². The van der Waals surface area contributed by atoms with Gasteiger partial charge in [0.25, 0.3) is 11.6 Å². The lowest BCUT2D eigenvalue weighted by atomic mass is 10.0. The second-order valence-electron chi connectivity index (χ2n) is 7.26. The molecule has 1 heterocycles. The Balaban J connectivity index is 1.64. The summed E-state index contributed by atoms with van der Waals surface area (Å²) in [5, 5.41) is 16.9. The SMILES string of the molecule is O=C(C[C@H]1C(=O)Nc2ccccc2N1C(=O)c1ccc([N+](=O)[O-])cc1)Nc1ccc(Cl)cc1. The second kappa shape index (κ2) is 9.09. The van der Waals surface area contributed by atoms with Crippen molar-refractivity contribution < 1.29 is 19.3 Å². The number of rotatable bonds is 5. The first kappa shape index (κ1) is 22.0. The van der Waals surface area contributed by atoms with E-state index in [0.29, 0.717) is 22.1 Å². The molecular weight excluding hydrogens is 448 g/mol. The molecule has 4 rings (SSSR count). The highest BCUT2D eigenvalue weighted by molar-refractivity contribution is 6.30. The average Bonchev–Trinajstić information content (AvgIpc) is 2.80. The zero-order valence-corrected chi connectivity index (χ0v) is 17.8. The van der Waals surface area contributed by atoms with Gasteiger partial charge in [0, 0.05) is 28.4 Å². The number of hydrogen-bond acceptors (Lipinski definition) is 5. The summed E-state index contributed by atoms with van der Waals surface area (Å²) in [6.45, 7) is 0. The number of fused-ring (bicyclic) bond motifs is 1. The van der Waals surface area contributed by atoms with Crippen molar-refractivity contribution in [1.29, 1.82) is 0 Å². The summed E-state index contributed by atoms with van der Waals surface area (Å²) in [5.41, 5.74) is 1.32. The highest BCUT2D eigenvalue weighted by atomic mass is 35.5. The maximum atomic E-state index is 13.4. The molecule has 3 amide bonds. The smallest absolute Gasteiger partial charge is 0.269 e. The molecule has 3 aromatic rings. The van der Waals surface area contributed by atoms with Gasteiger partial charge in [0.15, 0.2) is 0 Å². The van der Waals surface area contributed by atoms with Gasteiger partial charge in [0.05, 0.1) is 22.7 Å². The first-order chi connectivity index (χ1) is 15.8. The lowest BCUT2D eigenvalue weighted by Gasteiger charge is -2.36. The van der Waals surface area contributed by atoms with Crippen LogP contribution in [-0.2, 0) is 9.59 Å². The number of nitrogens with one attached hydrogen (secondary N) is 2. The molecule has 0 saturated heterocycles. The quantitative estimate of drug-likeness (QED) is 0.432. The molecule has 33 heavy (non-hydrogen) atoms. The van der Waals surface area contributed by atoms with Crippen molar-refractivity contribution in [3.63, 3.8) is 0 Å². The molecule has 0 aliphatic carbocycles. The lowest BCUT2D eigenvalue weighted by Crippen LogP contribution is -2.52. The van der Waals surface area contributed by atoms with Crippen LogP contribution >= 0.6 is 11.6 Å². The zero-order valence-electron chi connectivity index (χ0n) is 17.0. The van der Waals surface area contributed by atoms with Gasteiger partial charge in [-0.05, 0) is 48.5 Å². The summed E-state index contributed by atoms with van der Waals surface area (Å²) in [7, 11) is 0. The molecule has 0 saturated carbocycles.